The van der Waals surface area contributed by atoms with Crippen molar-refractivity contribution in [3.63, 3.8) is 0 Å². The van der Waals surface area contributed by atoms with Crippen LogP contribution in [0.4, 0.5) is 39.5 Å². The summed E-state index contributed by atoms with van der Waals surface area (Å²) in [4.78, 5) is 26.3. The van der Waals surface area contributed by atoms with Gasteiger partial charge in [-0.1, -0.05) is 30.3 Å². The van der Waals surface area contributed by atoms with Gasteiger partial charge in [0.05, 0.1) is 28.1 Å². The first-order valence-corrected chi connectivity index (χ1v) is 17.3. The molecular formula is C36H37F9N2O5S. The van der Waals surface area contributed by atoms with E-state index in [0.717, 1.165) is 30.3 Å². The highest BCUT2D eigenvalue weighted by atomic mass is 32.2. The van der Waals surface area contributed by atoms with E-state index < -0.39 is 68.7 Å². The molecule has 0 radical (unpaired) electrons. The first kappa shape index (κ1) is 41.8. The van der Waals surface area contributed by atoms with Crippen molar-refractivity contribution in [1.29, 1.82) is 0 Å². The summed E-state index contributed by atoms with van der Waals surface area (Å²) in [6.45, 7) is 5.15. The van der Waals surface area contributed by atoms with Gasteiger partial charge in [-0.3, -0.25) is 13.8 Å². The smallest absolute Gasteiger partial charge is 0.430 e. The highest BCUT2D eigenvalue weighted by molar-refractivity contribution is 7.86. The molecule has 0 bridgehead atoms. The molecule has 0 aromatic heterocycles. The van der Waals surface area contributed by atoms with E-state index in [2.05, 4.69) is 9.47 Å². The first-order valence-electron chi connectivity index (χ1n) is 16.1. The van der Waals surface area contributed by atoms with Crippen molar-refractivity contribution >= 4 is 23.2 Å². The van der Waals surface area contributed by atoms with Gasteiger partial charge in [-0.15, -0.1) is 0 Å². The number of nitrogens with zero attached hydrogens (tertiary/aromatic N) is 2. The Morgan fingerprint density at radius 2 is 1.43 bits per heavy atom. The molecule has 2 aliphatic rings. The lowest BCUT2D eigenvalue weighted by Crippen LogP contribution is -2.56. The Labute approximate surface area is 302 Å². The second kappa shape index (κ2) is 15.8. The summed E-state index contributed by atoms with van der Waals surface area (Å²) in [6.07, 6.45) is -12.2. The lowest BCUT2D eigenvalue weighted by atomic mass is 9.88. The Hall–Kier alpha value is -3.96. The Morgan fingerprint density at radius 3 is 1.89 bits per heavy atom. The van der Waals surface area contributed by atoms with Crippen LogP contribution in [0.15, 0.2) is 71.6 Å². The van der Waals surface area contributed by atoms with Crippen molar-refractivity contribution in [2.24, 2.45) is 5.92 Å². The van der Waals surface area contributed by atoms with Crippen LogP contribution in [0.1, 0.15) is 43.9 Å². The van der Waals surface area contributed by atoms with Crippen LogP contribution in [-0.2, 0) is 46.8 Å². The standard InChI is InChI=1S/C31H27F9N2O3S.C5H10O2/c1-41-15-19(16-41)27(43)42-14-13-28(18-42,46(44)23-11-9-22(32)10-12-23)20-5-7-21(8-6-20)29(30(35,36)37,31(38,39)40)45-17-24-25(33)3-2-4-26(24)34;1-5(2,3)7-4-6/h2-12,19H,13-18H2,1H3;4H,1-3H3. The minimum atomic E-state index is -6.14. The number of hydrogen-bond donors (Lipinski definition) is 0. The van der Waals surface area contributed by atoms with Crippen molar-refractivity contribution in [3.8, 4) is 0 Å². The molecule has 0 aliphatic carbocycles. The SMILES string of the molecule is CC(C)(C)OC=O.CN1CC(C(=O)N2CCC(c3ccc(C(OCc4c(F)cccc4F)(C(F)(F)F)C(F)(F)F)cc3)(S(=O)c3ccc(F)cc3)C2)C1. The van der Waals surface area contributed by atoms with Crippen molar-refractivity contribution in [1.82, 2.24) is 9.80 Å². The number of amides is 1. The molecule has 7 nitrogen and oxygen atoms in total. The van der Waals surface area contributed by atoms with Gasteiger partial charge in [0.2, 0.25) is 5.91 Å². The van der Waals surface area contributed by atoms with Gasteiger partial charge in [-0.2, -0.15) is 26.3 Å². The number of likely N-dealkylation sites (tertiary alicyclic amines) is 2. The zero-order chi connectivity index (χ0) is 39.6. The fraction of sp³-hybridized carbons (Fsp3) is 0.444. The van der Waals surface area contributed by atoms with E-state index >= 15 is 0 Å². The quantitative estimate of drug-likeness (QED) is 0.167. The molecule has 17 heteroatoms. The maximum absolute atomic E-state index is 14.4. The molecule has 290 valence electrons. The number of rotatable bonds is 9. The number of alkyl halides is 6. The molecule has 0 N–H and O–H groups in total. The molecule has 3 aromatic carbocycles. The summed E-state index contributed by atoms with van der Waals surface area (Å²) in [5.41, 5.74) is -7.80. The third-order valence-corrected chi connectivity index (χ3v) is 10.8. The van der Waals surface area contributed by atoms with Crippen LogP contribution < -0.4 is 0 Å². The number of hydrogen-bond acceptors (Lipinski definition) is 6. The van der Waals surface area contributed by atoms with Crippen LogP contribution in [0.2, 0.25) is 0 Å². The van der Waals surface area contributed by atoms with Gasteiger partial charge in [0.15, 0.2) is 0 Å². The Balaban J connectivity index is 0.000000815. The fourth-order valence-corrected chi connectivity index (χ4v) is 7.83. The summed E-state index contributed by atoms with van der Waals surface area (Å²) in [6, 6.07) is 9.77. The molecule has 0 spiro atoms. The normalized spacial score (nSPS) is 19.2. The molecule has 1 amide bonds. The van der Waals surface area contributed by atoms with Crippen LogP contribution in [0.25, 0.3) is 0 Å². The fourth-order valence-electron chi connectivity index (χ4n) is 6.10. The molecule has 3 aromatic rings. The molecule has 2 fully saturated rings. The zero-order valence-corrected chi connectivity index (χ0v) is 29.8. The Kier molecular flexibility index (Phi) is 12.5. The van der Waals surface area contributed by atoms with E-state index in [4.69, 9.17) is 0 Å². The Bertz CT molecular complexity index is 1740. The minimum absolute atomic E-state index is 0.0391. The van der Waals surface area contributed by atoms with Gasteiger partial charge in [0, 0.05) is 42.2 Å². The lowest BCUT2D eigenvalue weighted by Gasteiger charge is -2.38. The average Bonchev–Trinajstić information content (AvgIpc) is 3.50. The summed E-state index contributed by atoms with van der Waals surface area (Å²) >= 11 is 0. The van der Waals surface area contributed by atoms with Gasteiger partial charge in [0.1, 0.15) is 23.1 Å². The molecule has 0 saturated carbocycles. The number of ether oxygens (including phenoxy) is 2. The predicted molar refractivity (Wildman–Crippen MR) is 175 cm³/mol. The van der Waals surface area contributed by atoms with Gasteiger partial charge in [-0.05, 0) is 76.2 Å². The maximum Gasteiger partial charge on any atom is 0.430 e. The van der Waals surface area contributed by atoms with Gasteiger partial charge < -0.3 is 19.3 Å². The zero-order valence-electron chi connectivity index (χ0n) is 29.0. The molecule has 5 rings (SSSR count). The summed E-state index contributed by atoms with van der Waals surface area (Å²) in [5, 5.41) is 0. The second-order valence-electron chi connectivity index (χ2n) is 13.7. The topological polar surface area (TPSA) is 76.2 Å². The van der Waals surface area contributed by atoms with Gasteiger partial charge in [-0.25, -0.2) is 13.2 Å². The van der Waals surface area contributed by atoms with E-state index in [1.807, 2.05) is 32.7 Å². The van der Waals surface area contributed by atoms with Crippen molar-refractivity contribution in [2.45, 2.75) is 67.0 Å². The Morgan fingerprint density at radius 1 is 0.887 bits per heavy atom. The van der Waals surface area contributed by atoms with Crippen LogP contribution in [0.3, 0.4) is 0 Å². The van der Waals surface area contributed by atoms with Crippen LogP contribution in [0, 0.1) is 23.4 Å². The molecule has 53 heavy (non-hydrogen) atoms. The van der Waals surface area contributed by atoms with E-state index in [1.54, 1.807) is 0 Å². The van der Waals surface area contributed by atoms with Crippen LogP contribution >= 0.6 is 0 Å². The van der Waals surface area contributed by atoms with E-state index in [0.29, 0.717) is 43.8 Å². The van der Waals surface area contributed by atoms with Gasteiger partial charge in [0.25, 0.3) is 12.1 Å². The average molecular weight is 781 g/mol. The molecule has 2 saturated heterocycles. The van der Waals surface area contributed by atoms with E-state index in [1.165, 1.54) is 17.0 Å². The second-order valence-corrected chi connectivity index (χ2v) is 15.5. The molecule has 2 aliphatic heterocycles. The van der Waals surface area contributed by atoms with Crippen molar-refractivity contribution in [2.75, 3.05) is 33.2 Å². The minimum Gasteiger partial charge on any atom is -0.462 e. The highest BCUT2D eigenvalue weighted by Gasteiger charge is 2.73. The first-order chi connectivity index (χ1) is 24.6. The maximum atomic E-state index is 14.4. The van der Waals surface area contributed by atoms with E-state index in [-0.39, 0.29) is 47.4 Å². The number of halogens is 9. The molecule has 2 atom stereocenters. The third kappa shape index (κ3) is 8.89. The van der Waals surface area contributed by atoms with Crippen LogP contribution in [-0.4, -0.2) is 77.6 Å². The summed E-state index contributed by atoms with van der Waals surface area (Å²) in [5.74, 6) is -3.96. The molecular weight excluding hydrogens is 743 g/mol. The molecule has 2 heterocycles. The summed E-state index contributed by atoms with van der Waals surface area (Å²) in [7, 11) is -0.222. The number of carbonyl (C=O) groups excluding carboxylic acids is 2. The lowest BCUT2D eigenvalue weighted by molar-refractivity contribution is -0.392. The van der Waals surface area contributed by atoms with Crippen molar-refractivity contribution < 1.29 is 62.8 Å². The number of carbonyl (C=O) groups is 2. The monoisotopic (exact) mass is 780 g/mol. The van der Waals surface area contributed by atoms with Gasteiger partial charge >= 0.3 is 12.4 Å². The van der Waals surface area contributed by atoms with E-state index in [9.17, 15) is 53.3 Å². The molecule has 2 unspecified atom stereocenters. The highest BCUT2D eigenvalue weighted by Crippen LogP contribution is 2.54. The third-order valence-electron chi connectivity index (χ3n) is 8.85. The largest absolute Gasteiger partial charge is 0.462 e. The number of benzene rings is 3. The van der Waals surface area contributed by atoms with Crippen molar-refractivity contribution in [3.05, 3.63) is 101 Å². The van der Waals surface area contributed by atoms with Crippen LogP contribution in [0.5, 0.6) is 0 Å². The summed E-state index contributed by atoms with van der Waals surface area (Å²) < 4.78 is 150. The predicted octanol–water partition coefficient (Wildman–Crippen LogP) is 7.40.